The van der Waals surface area contributed by atoms with E-state index in [1.807, 2.05) is 0 Å². The van der Waals surface area contributed by atoms with Gasteiger partial charge in [-0.1, -0.05) is 55.0 Å². The molecule has 0 aliphatic heterocycles. The van der Waals surface area contributed by atoms with Gasteiger partial charge in [0.1, 0.15) is 0 Å². The third kappa shape index (κ3) is 1.94. The molecule has 0 fully saturated rings. The van der Waals surface area contributed by atoms with Crippen LogP contribution in [0.5, 0.6) is 0 Å². The van der Waals surface area contributed by atoms with Crippen LogP contribution in [0, 0.1) is 13.8 Å². The van der Waals surface area contributed by atoms with Gasteiger partial charge in [-0.2, -0.15) is 0 Å². The highest BCUT2D eigenvalue weighted by Crippen LogP contribution is 2.34. The van der Waals surface area contributed by atoms with Crippen molar-refractivity contribution in [2.24, 2.45) is 7.05 Å². The van der Waals surface area contributed by atoms with Crippen LogP contribution in [-0.2, 0) is 7.05 Å². The van der Waals surface area contributed by atoms with E-state index in [4.69, 9.17) is 0 Å². The standard InChI is InChI=1S/C19H21N/c1-13-9-11-16(12-10-13)14(2)19-15(3)20(4)18-8-6-5-7-17(18)19/h5-12,14H,1-4H3. The fourth-order valence-corrected chi connectivity index (χ4v) is 3.12. The molecule has 1 aromatic heterocycles. The minimum absolute atomic E-state index is 0.418. The lowest BCUT2D eigenvalue weighted by molar-refractivity contribution is 0.859. The van der Waals surface area contributed by atoms with Gasteiger partial charge in [0.05, 0.1) is 0 Å². The minimum atomic E-state index is 0.418. The van der Waals surface area contributed by atoms with Crippen molar-refractivity contribution in [1.82, 2.24) is 4.57 Å². The molecule has 0 saturated heterocycles. The first-order valence-electron chi connectivity index (χ1n) is 7.20. The molecule has 0 aliphatic carbocycles. The lowest BCUT2D eigenvalue weighted by Crippen LogP contribution is -1.99. The zero-order chi connectivity index (χ0) is 14.3. The molecule has 1 heteroatoms. The topological polar surface area (TPSA) is 4.93 Å². The Kier molecular flexibility index (Phi) is 3.13. The molecular formula is C19H21N. The van der Waals surface area contributed by atoms with Crippen molar-refractivity contribution in [2.45, 2.75) is 26.7 Å². The van der Waals surface area contributed by atoms with E-state index in [1.54, 1.807) is 0 Å². The smallest absolute Gasteiger partial charge is 0.0482 e. The average Bonchev–Trinajstić information content (AvgIpc) is 2.72. The maximum absolute atomic E-state index is 2.30. The molecule has 0 N–H and O–H groups in total. The molecule has 20 heavy (non-hydrogen) atoms. The molecule has 102 valence electrons. The van der Waals surface area contributed by atoms with Gasteiger partial charge in [0, 0.05) is 29.6 Å². The fourth-order valence-electron chi connectivity index (χ4n) is 3.12. The van der Waals surface area contributed by atoms with Crippen molar-refractivity contribution >= 4 is 10.9 Å². The zero-order valence-corrected chi connectivity index (χ0v) is 12.6. The van der Waals surface area contributed by atoms with Gasteiger partial charge in [-0.15, -0.1) is 0 Å². The van der Waals surface area contributed by atoms with Gasteiger partial charge in [0.2, 0.25) is 0 Å². The molecule has 3 rings (SSSR count). The third-order valence-electron chi connectivity index (χ3n) is 4.46. The Morgan fingerprint density at radius 3 is 2.25 bits per heavy atom. The van der Waals surface area contributed by atoms with Crippen molar-refractivity contribution in [1.29, 1.82) is 0 Å². The zero-order valence-electron chi connectivity index (χ0n) is 12.6. The first-order chi connectivity index (χ1) is 9.59. The van der Waals surface area contributed by atoms with Crippen molar-refractivity contribution in [2.75, 3.05) is 0 Å². The summed E-state index contributed by atoms with van der Waals surface area (Å²) in [5.74, 6) is 0.418. The molecule has 0 spiro atoms. The van der Waals surface area contributed by atoms with E-state index in [0.29, 0.717) is 5.92 Å². The first-order valence-corrected chi connectivity index (χ1v) is 7.20. The number of aryl methyl sites for hydroxylation is 2. The summed E-state index contributed by atoms with van der Waals surface area (Å²) in [7, 11) is 2.16. The van der Waals surface area contributed by atoms with Crippen LogP contribution in [0.3, 0.4) is 0 Å². The first kappa shape index (κ1) is 13.0. The van der Waals surface area contributed by atoms with Crippen LogP contribution in [0.1, 0.15) is 35.2 Å². The van der Waals surface area contributed by atoms with Crippen LogP contribution in [0.4, 0.5) is 0 Å². The van der Waals surface area contributed by atoms with Gasteiger partial charge in [-0.05, 0) is 31.0 Å². The summed E-state index contributed by atoms with van der Waals surface area (Å²) in [6, 6.07) is 17.6. The second kappa shape index (κ2) is 4.82. The van der Waals surface area contributed by atoms with Gasteiger partial charge in [0.15, 0.2) is 0 Å². The van der Waals surface area contributed by atoms with Gasteiger partial charge in [-0.25, -0.2) is 0 Å². The maximum atomic E-state index is 2.30. The summed E-state index contributed by atoms with van der Waals surface area (Å²) in [6.07, 6.45) is 0. The second-order valence-electron chi connectivity index (χ2n) is 5.71. The maximum Gasteiger partial charge on any atom is 0.0482 e. The molecule has 0 aliphatic rings. The molecule has 1 atom stereocenters. The van der Waals surface area contributed by atoms with Crippen LogP contribution in [-0.4, -0.2) is 4.57 Å². The molecular weight excluding hydrogens is 242 g/mol. The quantitative estimate of drug-likeness (QED) is 0.616. The number of hydrogen-bond acceptors (Lipinski definition) is 0. The lowest BCUT2D eigenvalue weighted by Gasteiger charge is -2.13. The Hall–Kier alpha value is -2.02. The summed E-state index contributed by atoms with van der Waals surface area (Å²) in [6.45, 7) is 6.66. The van der Waals surface area contributed by atoms with Crippen molar-refractivity contribution < 1.29 is 0 Å². The van der Waals surface area contributed by atoms with Crippen LogP contribution in [0.25, 0.3) is 10.9 Å². The van der Waals surface area contributed by atoms with Gasteiger partial charge >= 0.3 is 0 Å². The van der Waals surface area contributed by atoms with E-state index in [1.165, 1.54) is 33.3 Å². The van der Waals surface area contributed by atoms with Crippen molar-refractivity contribution in [3.63, 3.8) is 0 Å². The Bertz CT molecular complexity index is 747. The Morgan fingerprint density at radius 1 is 0.900 bits per heavy atom. The van der Waals surface area contributed by atoms with Gasteiger partial charge in [-0.3, -0.25) is 0 Å². The monoisotopic (exact) mass is 263 g/mol. The molecule has 1 nitrogen and oxygen atoms in total. The molecule has 0 saturated carbocycles. The van der Waals surface area contributed by atoms with Crippen LogP contribution < -0.4 is 0 Å². The van der Waals surface area contributed by atoms with E-state index in [0.717, 1.165) is 0 Å². The molecule has 0 radical (unpaired) electrons. The predicted molar refractivity (Wildman–Crippen MR) is 86.4 cm³/mol. The van der Waals surface area contributed by atoms with Crippen molar-refractivity contribution in [3.8, 4) is 0 Å². The predicted octanol–water partition coefficient (Wildman–Crippen LogP) is 4.95. The van der Waals surface area contributed by atoms with Crippen molar-refractivity contribution in [3.05, 3.63) is 70.9 Å². The Morgan fingerprint density at radius 2 is 1.55 bits per heavy atom. The van der Waals surface area contributed by atoms with E-state index >= 15 is 0 Å². The van der Waals surface area contributed by atoms with Gasteiger partial charge in [0.25, 0.3) is 0 Å². The fraction of sp³-hybridized carbons (Fsp3) is 0.263. The molecule has 3 aromatic rings. The van der Waals surface area contributed by atoms with E-state index in [-0.39, 0.29) is 0 Å². The molecule has 1 unspecified atom stereocenters. The third-order valence-corrected chi connectivity index (χ3v) is 4.46. The highest BCUT2D eigenvalue weighted by atomic mass is 14.9. The molecule has 0 bridgehead atoms. The number of hydrogen-bond donors (Lipinski definition) is 0. The minimum Gasteiger partial charge on any atom is -0.348 e. The summed E-state index contributed by atoms with van der Waals surface area (Å²) in [5, 5.41) is 1.38. The number of fused-ring (bicyclic) bond motifs is 1. The van der Waals surface area contributed by atoms with E-state index < -0.39 is 0 Å². The lowest BCUT2D eigenvalue weighted by atomic mass is 9.90. The summed E-state index contributed by atoms with van der Waals surface area (Å²) in [5.41, 5.74) is 6.83. The number of benzene rings is 2. The molecule has 0 amide bonds. The highest BCUT2D eigenvalue weighted by Gasteiger charge is 2.18. The Labute approximate surface area is 120 Å². The SMILES string of the molecule is Cc1ccc(C(C)c2c(C)n(C)c3ccccc23)cc1. The normalized spacial score (nSPS) is 12.8. The van der Waals surface area contributed by atoms with Crippen LogP contribution in [0.2, 0.25) is 0 Å². The van der Waals surface area contributed by atoms with Gasteiger partial charge < -0.3 is 4.57 Å². The Balaban J connectivity index is 2.19. The van der Waals surface area contributed by atoms with Crippen LogP contribution >= 0.6 is 0 Å². The highest BCUT2D eigenvalue weighted by molar-refractivity contribution is 5.86. The number of nitrogens with zero attached hydrogens (tertiary/aromatic N) is 1. The largest absolute Gasteiger partial charge is 0.348 e. The number of aromatic nitrogens is 1. The summed E-state index contributed by atoms with van der Waals surface area (Å²) >= 11 is 0. The molecule has 1 heterocycles. The summed E-state index contributed by atoms with van der Waals surface area (Å²) in [4.78, 5) is 0. The van der Waals surface area contributed by atoms with E-state index in [9.17, 15) is 0 Å². The average molecular weight is 263 g/mol. The van der Waals surface area contributed by atoms with Crippen LogP contribution in [0.15, 0.2) is 48.5 Å². The van der Waals surface area contributed by atoms with E-state index in [2.05, 4.69) is 80.9 Å². The number of para-hydroxylation sites is 1. The second-order valence-corrected chi connectivity index (χ2v) is 5.71. The molecule has 2 aromatic carbocycles. The number of rotatable bonds is 2. The summed E-state index contributed by atoms with van der Waals surface area (Å²) < 4.78 is 2.30.